The van der Waals surface area contributed by atoms with Crippen LogP contribution in [-0.2, 0) is 23.8 Å². The number of carbonyl (C=O) groups excluding carboxylic acids is 2. The van der Waals surface area contributed by atoms with Gasteiger partial charge in [-0.15, -0.1) is 0 Å². The van der Waals surface area contributed by atoms with E-state index in [4.69, 9.17) is 15.2 Å². The van der Waals surface area contributed by atoms with Crippen molar-refractivity contribution in [2.24, 2.45) is 5.73 Å². The Kier molecular flexibility index (Phi) is 7.44. The van der Waals surface area contributed by atoms with E-state index in [1.165, 1.54) is 14.2 Å². The first-order chi connectivity index (χ1) is 7.97. The molecule has 0 aliphatic carbocycles. The first-order valence-electron chi connectivity index (χ1n) is 5.26. The van der Waals surface area contributed by atoms with E-state index in [2.05, 4.69) is 10.1 Å². The Balaban J connectivity index is 4.28. The average Bonchev–Trinajstić information content (AvgIpc) is 2.29. The van der Waals surface area contributed by atoms with Gasteiger partial charge in [-0.25, -0.2) is 4.79 Å². The third kappa shape index (κ3) is 5.12. The summed E-state index contributed by atoms with van der Waals surface area (Å²) in [6.07, 6.45) is -0.603. The second kappa shape index (κ2) is 7.99. The van der Waals surface area contributed by atoms with Crippen molar-refractivity contribution in [2.75, 3.05) is 20.8 Å². The van der Waals surface area contributed by atoms with Gasteiger partial charge in [0.1, 0.15) is 0 Å². The fourth-order valence-corrected chi connectivity index (χ4v) is 1.23. The highest BCUT2D eigenvalue weighted by atomic mass is 16.7. The molecule has 100 valence electrons. The van der Waals surface area contributed by atoms with Crippen LogP contribution in [0.15, 0.2) is 0 Å². The highest BCUT2D eigenvalue weighted by Gasteiger charge is 2.26. The van der Waals surface area contributed by atoms with Gasteiger partial charge in [-0.3, -0.25) is 4.79 Å². The Bertz CT molecular complexity index is 255. The number of esters is 1. The minimum atomic E-state index is -1.34. The van der Waals surface area contributed by atoms with E-state index < -0.39 is 30.3 Å². The number of nitrogens with one attached hydrogen (secondary N) is 1. The topological polar surface area (TPSA) is 99.9 Å². The van der Waals surface area contributed by atoms with Gasteiger partial charge in [-0.05, 0) is 13.8 Å². The summed E-state index contributed by atoms with van der Waals surface area (Å²) in [4.78, 5) is 22.8. The summed E-state index contributed by atoms with van der Waals surface area (Å²) in [5.41, 5.74) is 5.41. The number of amides is 1. The second-order valence-electron chi connectivity index (χ2n) is 3.37. The van der Waals surface area contributed by atoms with Crippen LogP contribution >= 0.6 is 0 Å². The normalized spacial score (nSPS) is 14.2. The van der Waals surface area contributed by atoms with Crippen LogP contribution in [0, 0.1) is 0 Å². The predicted octanol–water partition coefficient (Wildman–Crippen LogP) is -1.000. The van der Waals surface area contributed by atoms with E-state index in [0.717, 1.165) is 0 Å². The maximum absolute atomic E-state index is 11.6. The van der Waals surface area contributed by atoms with E-state index in [1.54, 1.807) is 13.8 Å². The van der Waals surface area contributed by atoms with Crippen molar-refractivity contribution in [2.45, 2.75) is 32.2 Å². The molecule has 0 heterocycles. The van der Waals surface area contributed by atoms with Crippen molar-refractivity contribution < 1.29 is 23.8 Å². The van der Waals surface area contributed by atoms with Crippen molar-refractivity contribution in [3.05, 3.63) is 0 Å². The lowest BCUT2D eigenvalue weighted by molar-refractivity contribution is -0.150. The number of rotatable bonds is 7. The summed E-state index contributed by atoms with van der Waals surface area (Å²) in [5, 5.41) is 2.51. The number of carbonyl (C=O) groups is 2. The van der Waals surface area contributed by atoms with Gasteiger partial charge in [0, 0.05) is 14.2 Å². The zero-order chi connectivity index (χ0) is 13.4. The van der Waals surface area contributed by atoms with Crippen LogP contribution < -0.4 is 11.1 Å². The Morgan fingerprint density at radius 3 is 2.24 bits per heavy atom. The molecule has 0 saturated heterocycles. The molecule has 1 amide bonds. The zero-order valence-electron chi connectivity index (χ0n) is 10.6. The molecule has 0 bridgehead atoms. The fourth-order valence-electron chi connectivity index (χ4n) is 1.23. The van der Waals surface area contributed by atoms with Crippen molar-refractivity contribution >= 4 is 11.9 Å². The number of hydrogen-bond acceptors (Lipinski definition) is 6. The zero-order valence-corrected chi connectivity index (χ0v) is 10.6. The van der Waals surface area contributed by atoms with Crippen molar-refractivity contribution in [3.63, 3.8) is 0 Å². The lowest BCUT2D eigenvalue weighted by Gasteiger charge is -2.23. The Labute approximate surface area is 101 Å². The molecule has 3 N–H and O–H groups in total. The number of nitrogens with two attached hydrogens (primary N) is 1. The summed E-state index contributed by atoms with van der Waals surface area (Å²) in [7, 11) is 2.89. The Morgan fingerprint density at radius 1 is 1.29 bits per heavy atom. The van der Waals surface area contributed by atoms with Gasteiger partial charge < -0.3 is 25.3 Å². The second-order valence-corrected chi connectivity index (χ2v) is 3.37. The van der Waals surface area contributed by atoms with Crippen LogP contribution in [0.2, 0.25) is 0 Å². The third-order valence-corrected chi connectivity index (χ3v) is 2.07. The molecule has 0 radical (unpaired) electrons. The lowest BCUT2D eigenvalue weighted by atomic mass is 10.2. The molecule has 0 aliphatic heterocycles. The van der Waals surface area contributed by atoms with Crippen LogP contribution in [0.25, 0.3) is 0 Å². The molecule has 0 aromatic heterocycles. The van der Waals surface area contributed by atoms with Gasteiger partial charge in [0.15, 0.2) is 12.3 Å². The largest absolute Gasteiger partial charge is 0.464 e. The lowest BCUT2D eigenvalue weighted by Crippen LogP contribution is -2.52. The minimum absolute atomic E-state index is 0.175. The molecule has 0 rings (SSSR count). The standard InChI is InChI=1S/C10H20N2O5/c1-5-17-9(14)7(11)8(13)12-6(2)10(15-3)16-4/h6-7,10H,5,11H2,1-4H3,(H,12,13). The van der Waals surface area contributed by atoms with E-state index >= 15 is 0 Å². The molecule has 0 saturated carbocycles. The van der Waals surface area contributed by atoms with Gasteiger partial charge in [-0.1, -0.05) is 0 Å². The summed E-state index contributed by atoms with van der Waals surface area (Å²) in [6.45, 7) is 3.48. The van der Waals surface area contributed by atoms with Crippen molar-refractivity contribution in [1.29, 1.82) is 0 Å². The third-order valence-electron chi connectivity index (χ3n) is 2.07. The average molecular weight is 248 g/mol. The van der Waals surface area contributed by atoms with Crippen LogP contribution in [-0.4, -0.2) is 51.1 Å². The Hall–Kier alpha value is -1.18. The first-order valence-corrected chi connectivity index (χ1v) is 5.26. The molecule has 7 nitrogen and oxygen atoms in total. The summed E-state index contributed by atoms with van der Waals surface area (Å²) < 4.78 is 14.5. The van der Waals surface area contributed by atoms with Gasteiger partial charge >= 0.3 is 5.97 Å². The number of methoxy groups -OCH3 is 2. The minimum Gasteiger partial charge on any atom is -0.464 e. The van der Waals surface area contributed by atoms with Crippen LogP contribution in [0.1, 0.15) is 13.8 Å². The van der Waals surface area contributed by atoms with Gasteiger partial charge in [-0.2, -0.15) is 0 Å². The monoisotopic (exact) mass is 248 g/mol. The summed E-state index contributed by atoms with van der Waals surface area (Å²) in [5.74, 6) is -1.39. The van der Waals surface area contributed by atoms with E-state index in [-0.39, 0.29) is 6.61 Å². The van der Waals surface area contributed by atoms with Crippen molar-refractivity contribution in [3.8, 4) is 0 Å². The molecule has 2 atom stereocenters. The first kappa shape index (κ1) is 15.8. The molecule has 0 aromatic carbocycles. The van der Waals surface area contributed by atoms with Crippen LogP contribution in [0.4, 0.5) is 0 Å². The SMILES string of the molecule is CCOC(=O)C(N)C(=O)NC(C)C(OC)OC. The van der Waals surface area contributed by atoms with E-state index in [1.807, 2.05) is 0 Å². The molecule has 0 spiro atoms. The molecule has 0 aromatic rings. The highest BCUT2D eigenvalue weighted by Crippen LogP contribution is 1.99. The van der Waals surface area contributed by atoms with E-state index in [0.29, 0.717) is 0 Å². The summed E-state index contributed by atoms with van der Waals surface area (Å²) >= 11 is 0. The van der Waals surface area contributed by atoms with Gasteiger partial charge in [0.25, 0.3) is 0 Å². The molecule has 7 heteroatoms. The van der Waals surface area contributed by atoms with E-state index in [9.17, 15) is 9.59 Å². The molecule has 0 fully saturated rings. The molecule has 0 aliphatic rings. The number of ether oxygens (including phenoxy) is 3. The fraction of sp³-hybridized carbons (Fsp3) is 0.800. The quantitative estimate of drug-likeness (QED) is 0.340. The molecule has 17 heavy (non-hydrogen) atoms. The maximum atomic E-state index is 11.6. The molecule has 2 unspecified atom stereocenters. The highest BCUT2D eigenvalue weighted by molar-refractivity contribution is 6.01. The Morgan fingerprint density at radius 2 is 1.82 bits per heavy atom. The summed E-state index contributed by atoms with van der Waals surface area (Å²) in [6, 6.07) is -1.77. The van der Waals surface area contributed by atoms with Crippen LogP contribution in [0.5, 0.6) is 0 Å². The van der Waals surface area contributed by atoms with Crippen molar-refractivity contribution in [1.82, 2.24) is 5.32 Å². The smallest absolute Gasteiger partial charge is 0.332 e. The predicted molar refractivity (Wildman–Crippen MR) is 60.0 cm³/mol. The molecular weight excluding hydrogens is 228 g/mol. The maximum Gasteiger partial charge on any atom is 0.332 e. The molecular formula is C10H20N2O5. The van der Waals surface area contributed by atoms with Crippen LogP contribution in [0.3, 0.4) is 0 Å². The van der Waals surface area contributed by atoms with Gasteiger partial charge in [0.2, 0.25) is 5.91 Å². The van der Waals surface area contributed by atoms with Gasteiger partial charge in [0.05, 0.1) is 12.6 Å². The number of hydrogen-bond donors (Lipinski definition) is 2.